The molecule has 2 heteroatoms. The quantitative estimate of drug-likeness (QED) is 0.654. The van der Waals surface area contributed by atoms with Crippen LogP contribution in [0.2, 0.25) is 0 Å². The van der Waals surface area contributed by atoms with Crippen LogP contribution < -0.4 is 0 Å². The number of hydrogen-bond donors (Lipinski definition) is 0. The molecule has 0 amide bonds. The first kappa shape index (κ1) is 17.3. The van der Waals surface area contributed by atoms with E-state index in [1.807, 2.05) is 58.0 Å². The number of hydrogen-bond acceptors (Lipinski definition) is 0. The van der Waals surface area contributed by atoms with Gasteiger partial charge in [-0.05, 0) is 31.0 Å². The number of allylic oxidation sites excluding steroid dienone is 1. The minimum absolute atomic E-state index is 0. The molecule has 0 saturated carbocycles. The van der Waals surface area contributed by atoms with Crippen LogP contribution in [0.3, 0.4) is 0 Å². The summed E-state index contributed by atoms with van der Waals surface area (Å²) in [6, 6.07) is 10.7. The summed E-state index contributed by atoms with van der Waals surface area (Å²) < 4.78 is 14.2. The van der Waals surface area contributed by atoms with E-state index in [0.29, 0.717) is 5.56 Å². The average Bonchev–Trinajstić information content (AvgIpc) is 2.32. The zero-order valence-corrected chi connectivity index (χ0v) is 15.3. The monoisotopic (exact) mass is 342 g/mol. The molecule has 1 radical (unpaired) electrons. The summed E-state index contributed by atoms with van der Waals surface area (Å²) in [6.07, 6.45) is 3.99. The summed E-state index contributed by atoms with van der Waals surface area (Å²) >= 11 is 0. The minimum Gasteiger partial charge on any atom is -0.206 e. The van der Waals surface area contributed by atoms with E-state index in [1.165, 1.54) is 0 Å². The topological polar surface area (TPSA) is 0 Å². The molecule has 0 fully saturated rings. The molecule has 2 rings (SSSR count). The number of aryl methyl sites for hydroxylation is 3. The fraction of sp³-hybridized carbons (Fsp3) is 0.222. The third kappa shape index (κ3) is 3.65. The van der Waals surface area contributed by atoms with Gasteiger partial charge in [-0.2, -0.15) is 23.3 Å². The Morgan fingerprint density at radius 3 is 2.35 bits per heavy atom. The first-order valence-electron chi connectivity index (χ1n) is 6.45. The molecule has 0 bridgehead atoms. The minimum atomic E-state index is -0.171. The fourth-order valence-electron chi connectivity index (χ4n) is 2.34. The Balaban J connectivity index is 0.00000200. The summed E-state index contributed by atoms with van der Waals surface area (Å²) in [6.45, 7) is 7.86. The normalized spacial score (nSPS) is 10.7. The molecule has 0 aliphatic carbocycles. The summed E-state index contributed by atoms with van der Waals surface area (Å²) in [5.74, 6) is -0.171. The maximum atomic E-state index is 14.2. The van der Waals surface area contributed by atoms with Gasteiger partial charge < -0.3 is 0 Å². The molecule has 0 heterocycles. The Kier molecular flexibility index (Phi) is 6.29. The molecule has 0 spiro atoms. The molecule has 0 saturated heterocycles. The zero-order valence-electron chi connectivity index (χ0n) is 12.4. The van der Waals surface area contributed by atoms with Crippen LogP contribution in [-0.2, 0) is 32.7 Å². The van der Waals surface area contributed by atoms with E-state index in [0.717, 1.165) is 27.8 Å². The molecule has 2 aromatic rings. The van der Waals surface area contributed by atoms with E-state index in [1.54, 1.807) is 6.07 Å². The van der Waals surface area contributed by atoms with Crippen molar-refractivity contribution in [2.75, 3.05) is 0 Å². The molecular weight excluding hydrogens is 324 g/mol. The van der Waals surface area contributed by atoms with Crippen molar-refractivity contribution in [3.8, 4) is 11.1 Å². The van der Waals surface area contributed by atoms with E-state index in [2.05, 4.69) is 6.07 Å². The third-order valence-electron chi connectivity index (χ3n) is 3.19. The Morgan fingerprint density at radius 2 is 1.75 bits per heavy atom. The average molecular weight is 342 g/mol. The van der Waals surface area contributed by atoms with Gasteiger partial charge in [-0.3, -0.25) is 0 Å². The maximum Gasteiger partial charge on any atom is 0.129 e. The van der Waals surface area contributed by atoms with Crippen molar-refractivity contribution in [2.45, 2.75) is 27.7 Å². The van der Waals surface area contributed by atoms with Crippen molar-refractivity contribution in [3.63, 3.8) is 0 Å². The number of rotatable bonds is 2. The Morgan fingerprint density at radius 1 is 1.05 bits per heavy atom. The predicted octanol–water partition coefficient (Wildman–Crippen LogP) is 5.25. The molecule has 0 nitrogen and oxygen atoms in total. The Labute approximate surface area is 146 Å². The van der Waals surface area contributed by atoms with E-state index in [-0.39, 0.29) is 38.5 Å². The van der Waals surface area contributed by atoms with Crippen LogP contribution in [0.25, 0.3) is 17.2 Å². The molecule has 0 unspecified atom stereocenters. The molecule has 0 aliphatic heterocycles. The summed E-state index contributed by atoms with van der Waals surface area (Å²) in [5, 5.41) is 0. The second kappa shape index (κ2) is 7.29. The van der Waals surface area contributed by atoms with E-state index < -0.39 is 0 Å². The van der Waals surface area contributed by atoms with Gasteiger partial charge in [0, 0.05) is 32.7 Å². The smallest absolute Gasteiger partial charge is 0.129 e. The Bertz CT molecular complexity index is 642. The van der Waals surface area contributed by atoms with Crippen molar-refractivity contribution in [1.82, 2.24) is 0 Å². The van der Waals surface area contributed by atoms with E-state index >= 15 is 0 Å². The van der Waals surface area contributed by atoms with Crippen LogP contribution >= 0.6 is 0 Å². The van der Waals surface area contributed by atoms with Gasteiger partial charge in [-0.25, -0.2) is 4.39 Å². The van der Waals surface area contributed by atoms with Crippen LogP contribution in [0.15, 0.2) is 30.3 Å². The number of benzene rings is 2. The van der Waals surface area contributed by atoms with Gasteiger partial charge in [-0.15, -0.1) is 17.2 Å². The largest absolute Gasteiger partial charge is 0.206 e. The SMILES string of the molecule is C/C=C/c1c(C)[c-]c(C)cc1-c1ccc(C)cc1F.[Y]. The first-order chi connectivity index (χ1) is 9.02. The molecule has 0 N–H and O–H groups in total. The predicted molar refractivity (Wildman–Crippen MR) is 79.6 cm³/mol. The van der Waals surface area contributed by atoms with Gasteiger partial charge in [-0.1, -0.05) is 32.1 Å². The van der Waals surface area contributed by atoms with Crippen molar-refractivity contribution in [1.29, 1.82) is 0 Å². The van der Waals surface area contributed by atoms with Gasteiger partial charge in [0.2, 0.25) is 0 Å². The van der Waals surface area contributed by atoms with Crippen LogP contribution in [-0.4, -0.2) is 0 Å². The van der Waals surface area contributed by atoms with Gasteiger partial charge in [0.25, 0.3) is 0 Å². The van der Waals surface area contributed by atoms with Crippen LogP contribution in [0.4, 0.5) is 4.39 Å². The second-order valence-corrected chi connectivity index (χ2v) is 4.89. The fourth-order valence-corrected chi connectivity index (χ4v) is 2.34. The van der Waals surface area contributed by atoms with Crippen molar-refractivity contribution in [2.24, 2.45) is 0 Å². The first-order valence-corrected chi connectivity index (χ1v) is 6.45. The van der Waals surface area contributed by atoms with Crippen LogP contribution in [0, 0.1) is 32.7 Å². The number of halogens is 1. The van der Waals surface area contributed by atoms with Crippen LogP contribution in [0.1, 0.15) is 29.2 Å². The van der Waals surface area contributed by atoms with E-state index in [4.69, 9.17) is 0 Å². The van der Waals surface area contributed by atoms with Crippen LogP contribution in [0.5, 0.6) is 0 Å². The molecular formula is C18H18FY-. The van der Waals surface area contributed by atoms with Gasteiger partial charge in [0.15, 0.2) is 0 Å². The zero-order chi connectivity index (χ0) is 14.0. The van der Waals surface area contributed by atoms with Gasteiger partial charge in [0.05, 0.1) is 0 Å². The molecule has 2 aromatic carbocycles. The van der Waals surface area contributed by atoms with Crippen molar-refractivity contribution < 1.29 is 37.1 Å². The molecule has 0 aromatic heterocycles. The third-order valence-corrected chi connectivity index (χ3v) is 3.19. The van der Waals surface area contributed by atoms with Gasteiger partial charge >= 0.3 is 0 Å². The molecule has 0 aliphatic rings. The standard InChI is InChI=1S/C18H18F.Y/c1-5-6-15-14(4)9-13(3)10-17(15)16-8-7-12(2)11-18(16)19;/h5-8,10-11H,1-4H3;/q-1;/b6-5+;. The molecule has 20 heavy (non-hydrogen) atoms. The molecule has 0 atom stereocenters. The summed E-state index contributed by atoms with van der Waals surface area (Å²) in [4.78, 5) is 0. The maximum absolute atomic E-state index is 14.2. The summed E-state index contributed by atoms with van der Waals surface area (Å²) in [7, 11) is 0. The van der Waals surface area contributed by atoms with Crippen molar-refractivity contribution in [3.05, 3.63) is 64.5 Å². The van der Waals surface area contributed by atoms with Crippen molar-refractivity contribution >= 4 is 6.08 Å². The van der Waals surface area contributed by atoms with Gasteiger partial charge in [0.1, 0.15) is 5.82 Å². The Hall–Kier alpha value is -0.786. The second-order valence-electron chi connectivity index (χ2n) is 4.89. The molecule has 101 valence electrons. The summed E-state index contributed by atoms with van der Waals surface area (Å²) in [5.41, 5.74) is 5.64. The van der Waals surface area contributed by atoms with E-state index in [9.17, 15) is 4.39 Å².